The Kier molecular flexibility index (Phi) is 10.2. The topological polar surface area (TPSA) is 102 Å². The number of hydrogen-bond acceptors (Lipinski definition) is 5. The molecule has 0 radical (unpaired) electrons. The molecule has 0 saturated carbocycles. The van der Waals surface area contributed by atoms with Gasteiger partial charge < -0.3 is 10.1 Å². The van der Waals surface area contributed by atoms with Crippen molar-refractivity contribution in [1.82, 2.24) is 10.0 Å². The molecule has 2 aromatic rings. The predicted molar refractivity (Wildman–Crippen MR) is 129 cm³/mol. The molecule has 1 unspecified atom stereocenters. The summed E-state index contributed by atoms with van der Waals surface area (Å²) in [5.41, 5.74) is 0.965. The first-order chi connectivity index (χ1) is 15.5. The van der Waals surface area contributed by atoms with E-state index in [0.29, 0.717) is 0 Å². The van der Waals surface area contributed by atoms with E-state index in [4.69, 9.17) is 27.9 Å². The van der Waals surface area contributed by atoms with Crippen molar-refractivity contribution in [1.29, 1.82) is 0 Å². The van der Waals surface area contributed by atoms with Crippen molar-refractivity contribution in [3.63, 3.8) is 0 Å². The number of ether oxygens (including phenoxy) is 1. The number of nitrogens with one attached hydrogen (secondary N) is 2. The van der Waals surface area contributed by atoms with Crippen LogP contribution in [0.1, 0.15) is 43.1 Å². The van der Waals surface area contributed by atoms with Crippen LogP contribution in [0.25, 0.3) is 0 Å². The highest BCUT2D eigenvalue weighted by Gasteiger charge is 2.24. The van der Waals surface area contributed by atoms with Crippen LogP contribution in [0.5, 0.6) is 0 Å². The molecule has 2 rings (SSSR count). The Bertz CT molecular complexity index is 1080. The molecule has 0 aliphatic heterocycles. The van der Waals surface area contributed by atoms with E-state index < -0.39 is 28.5 Å². The fourth-order valence-corrected chi connectivity index (χ4v) is 4.93. The lowest BCUT2D eigenvalue weighted by Gasteiger charge is -2.15. The van der Waals surface area contributed by atoms with Gasteiger partial charge in [-0.05, 0) is 43.4 Å². The minimum absolute atomic E-state index is 0.0730. The summed E-state index contributed by atoms with van der Waals surface area (Å²) in [6, 6.07) is 12.0. The van der Waals surface area contributed by atoms with Crippen LogP contribution in [-0.2, 0) is 26.0 Å². The smallest absolute Gasteiger partial charge is 0.340 e. The molecule has 0 heterocycles. The number of hydrogen-bond donors (Lipinski definition) is 2. The van der Waals surface area contributed by atoms with Gasteiger partial charge in [-0.15, -0.1) is 0 Å². The van der Waals surface area contributed by atoms with Crippen LogP contribution in [0.4, 0.5) is 0 Å². The first-order valence-electron chi connectivity index (χ1n) is 10.5. The molecule has 33 heavy (non-hydrogen) atoms. The van der Waals surface area contributed by atoms with Gasteiger partial charge >= 0.3 is 5.97 Å². The zero-order chi connectivity index (χ0) is 24.6. The summed E-state index contributed by atoms with van der Waals surface area (Å²) < 4.78 is 32.6. The molecule has 1 atom stereocenters. The maximum absolute atomic E-state index is 12.5. The highest BCUT2D eigenvalue weighted by atomic mass is 35.5. The highest BCUT2D eigenvalue weighted by molar-refractivity contribution is 7.89. The molecule has 2 aromatic carbocycles. The van der Waals surface area contributed by atoms with Gasteiger partial charge in [0.05, 0.1) is 15.6 Å². The number of rotatable bonds is 11. The van der Waals surface area contributed by atoms with Gasteiger partial charge in [0.1, 0.15) is 4.90 Å². The molecule has 0 aliphatic rings. The average molecular weight is 515 g/mol. The average Bonchev–Trinajstić information content (AvgIpc) is 2.75. The van der Waals surface area contributed by atoms with Crippen molar-refractivity contribution in [3.8, 4) is 0 Å². The second kappa shape index (κ2) is 12.4. The Morgan fingerprint density at radius 1 is 1.03 bits per heavy atom. The Labute approximate surface area is 204 Å². The van der Waals surface area contributed by atoms with Gasteiger partial charge in [-0.25, -0.2) is 17.9 Å². The summed E-state index contributed by atoms with van der Waals surface area (Å²) in [7, 11) is -3.96. The van der Waals surface area contributed by atoms with Crippen molar-refractivity contribution >= 4 is 45.1 Å². The zero-order valence-electron chi connectivity index (χ0n) is 18.7. The summed E-state index contributed by atoms with van der Waals surface area (Å²) >= 11 is 12.1. The Balaban J connectivity index is 1.96. The molecule has 0 bridgehead atoms. The van der Waals surface area contributed by atoms with Gasteiger partial charge in [0.15, 0.2) is 6.61 Å². The highest BCUT2D eigenvalue weighted by Crippen LogP contribution is 2.29. The number of carbonyl (C=O) groups is 2. The van der Waals surface area contributed by atoms with Crippen molar-refractivity contribution in [2.75, 3.05) is 13.2 Å². The molecule has 7 nitrogen and oxygen atoms in total. The molecule has 10 heteroatoms. The van der Waals surface area contributed by atoms with Crippen LogP contribution in [0, 0.1) is 5.92 Å². The maximum atomic E-state index is 12.5. The number of esters is 1. The molecule has 2 N–H and O–H groups in total. The van der Waals surface area contributed by atoms with Crippen LogP contribution in [0.15, 0.2) is 47.4 Å². The number of sulfonamides is 1. The van der Waals surface area contributed by atoms with Crippen LogP contribution in [0.2, 0.25) is 10.0 Å². The van der Waals surface area contributed by atoms with E-state index >= 15 is 0 Å². The molecular formula is C23H28Cl2N2O5S. The van der Waals surface area contributed by atoms with E-state index in [1.54, 1.807) is 0 Å². The molecule has 180 valence electrons. The number of amides is 1. The van der Waals surface area contributed by atoms with Gasteiger partial charge in [0.25, 0.3) is 5.91 Å². The van der Waals surface area contributed by atoms with Crippen molar-refractivity contribution in [2.45, 2.75) is 44.6 Å². The quantitative estimate of drug-likeness (QED) is 0.437. The summed E-state index contributed by atoms with van der Waals surface area (Å²) in [6.07, 6.45) is 1.52. The lowest BCUT2D eigenvalue weighted by atomic mass is 10.1. The van der Waals surface area contributed by atoms with E-state index in [9.17, 15) is 18.0 Å². The fourth-order valence-electron chi connectivity index (χ4n) is 2.87. The second-order valence-electron chi connectivity index (χ2n) is 8.08. The largest absolute Gasteiger partial charge is 0.452 e. The van der Waals surface area contributed by atoms with E-state index in [0.717, 1.165) is 30.5 Å². The molecule has 1 amide bonds. The number of halogens is 2. The number of aryl methyl sites for hydroxylation is 1. The van der Waals surface area contributed by atoms with E-state index in [1.807, 2.05) is 51.1 Å². The molecule has 0 aromatic heterocycles. The molecular weight excluding hydrogens is 487 g/mol. The van der Waals surface area contributed by atoms with Crippen LogP contribution < -0.4 is 10.0 Å². The van der Waals surface area contributed by atoms with Gasteiger partial charge in [-0.1, -0.05) is 67.4 Å². The zero-order valence-corrected chi connectivity index (χ0v) is 21.1. The number of benzene rings is 2. The normalized spacial score (nSPS) is 12.4. The van der Waals surface area contributed by atoms with E-state index in [1.165, 1.54) is 0 Å². The van der Waals surface area contributed by atoms with E-state index in [-0.39, 0.29) is 39.0 Å². The SMILES string of the molecule is CC(C)CNS(=O)(=O)c1cc(C(=O)OCC(=O)NC(C)CCc2ccccc2)c(Cl)cc1Cl. The lowest BCUT2D eigenvalue weighted by Crippen LogP contribution is -2.36. The Hall–Kier alpha value is -2.13. The lowest BCUT2D eigenvalue weighted by molar-refractivity contribution is -0.124. The third-order valence-electron chi connectivity index (χ3n) is 4.66. The summed E-state index contributed by atoms with van der Waals surface area (Å²) in [5, 5.41) is 2.56. The van der Waals surface area contributed by atoms with Gasteiger partial charge in [-0.3, -0.25) is 4.79 Å². The first-order valence-corrected chi connectivity index (χ1v) is 12.7. The summed E-state index contributed by atoms with van der Waals surface area (Å²) in [4.78, 5) is 24.4. The van der Waals surface area contributed by atoms with Crippen molar-refractivity contribution in [2.24, 2.45) is 5.92 Å². The van der Waals surface area contributed by atoms with Crippen LogP contribution in [-0.4, -0.2) is 39.5 Å². The van der Waals surface area contributed by atoms with Crippen LogP contribution >= 0.6 is 23.2 Å². The summed E-state index contributed by atoms with van der Waals surface area (Å²) in [5.74, 6) is -1.33. The number of carbonyl (C=O) groups excluding carboxylic acids is 2. The fraction of sp³-hybridized carbons (Fsp3) is 0.391. The van der Waals surface area contributed by atoms with Crippen molar-refractivity contribution in [3.05, 3.63) is 63.6 Å². The predicted octanol–water partition coefficient (Wildman–Crippen LogP) is 4.22. The molecule has 0 aliphatic carbocycles. The second-order valence-corrected chi connectivity index (χ2v) is 10.6. The molecule has 0 spiro atoms. The standard InChI is InChI=1S/C23H28Cl2N2O5S/c1-15(2)13-26-33(30,31)21-11-18(19(24)12-20(21)25)23(29)32-14-22(28)27-16(3)9-10-17-7-5-4-6-8-17/h4-8,11-12,15-16,26H,9-10,13-14H2,1-3H3,(H,27,28). The third kappa shape index (κ3) is 8.62. The summed E-state index contributed by atoms with van der Waals surface area (Å²) in [6.45, 7) is 5.23. The first kappa shape index (κ1) is 27.1. The minimum Gasteiger partial charge on any atom is -0.452 e. The monoisotopic (exact) mass is 514 g/mol. The van der Waals surface area contributed by atoms with Gasteiger partial charge in [-0.2, -0.15) is 0 Å². The minimum atomic E-state index is -3.96. The molecule has 0 saturated heterocycles. The Morgan fingerprint density at radius 3 is 2.33 bits per heavy atom. The van der Waals surface area contributed by atoms with E-state index in [2.05, 4.69) is 10.0 Å². The third-order valence-corrected chi connectivity index (χ3v) is 6.86. The van der Waals surface area contributed by atoms with Crippen LogP contribution in [0.3, 0.4) is 0 Å². The molecule has 0 fully saturated rings. The Morgan fingerprint density at radius 2 is 1.70 bits per heavy atom. The van der Waals surface area contributed by atoms with Crippen molar-refractivity contribution < 1.29 is 22.7 Å². The maximum Gasteiger partial charge on any atom is 0.340 e. The van der Waals surface area contributed by atoms with Gasteiger partial charge in [0, 0.05) is 12.6 Å². The van der Waals surface area contributed by atoms with Gasteiger partial charge in [0.2, 0.25) is 10.0 Å².